The molecule has 2 atom stereocenters. The molecule has 2 aromatic carbocycles. The van der Waals surface area contributed by atoms with Crippen molar-refractivity contribution in [2.75, 3.05) is 38.4 Å². The van der Waals surface area contributed by atoms with Crippen LogP contribution in [0.25, 0.3) is 11.0 Å². The van der Waals surface area contributed by atoms with Crippen LogP contribution < -0.4 is 14.8 Å². The summed E-state index contributed by atoms with van der Waals surface area (Å²) in [5, 5.41) is 3.53. The Morgan fingerprint density at radius 1 is 1.06 bits per heavy atom. The quantitative estimate of drug-likeness (QED) is 0.469. The molecule has 9 heteroatoms. The van der Waals surface area contributed by atoms with Crippen molar-refractivity contribution in [3.8, 4) is 11.5 Å². The van der Waals surface area contributed by atoms with Gasteiger partial charge in [-0.1, -0.05) is 37.7 Å². The molecule has 4 rings (SSSR count). The number of aromatic nitrogens is 2. The first-order chi connectivity index (χ1) is 16.9. The number of fused-ring (bicyclic) bond motifs is 1. The molecule has 1 saturated heterocycles. The van der Waals surface area contributed by atoms with Gasteiger partial charge in [0.1, 0.15) is 18.0 Å². The van der Waals surface area contributed by atoms with E-state index in [2.05, 4.69) is 19.2 Å². The van der Waals surface area contributed by atoms with E-state index >= 15 is 0 Å². The molecule has 1 fully saturated rings. The molecule has 1 aromatic heterocycles. The van der Waals surface area contributed by atoms with Crippen LogP contribution in [0.15, 0.2) is 47.6 Å². The number of nitrogens with zero attached hydrogens (tertiary/aromatic N) is 3. The second-order valence-electron chi connectivity index (χ2n) is 9.15. The zero-order chi connectivity index (χ0) is 24.9. The van der Waals surface area contributed by atoms with Crippen LogP contribution in [0.3, 0.4) is 0 Å². The first kappa shape index (κ1) is 24.9. The number of likely N-dealkylation sites (tertiary alicyclic amines) is 1. The number of hydrogen-bond acceptors (Lipinski definition) is 6. The smallest absolute Gasteiger partial charge is 0.242 e. The topological polar surface area (TPSA) is 85.7 Å². The molecule has 1 N–H and O–H groups in total. The van der Waals surface area contributed by atoms with Gasteiger partial charge in [0.15, 0.2) is 5.16 Å². The van der Waals surface area contributed by atoms with E-state index in [1.807, 2.05) is 33.7 Å². The number of imidazole rings is 1. The fourth-order valence-corrected chi connectivity index (χ4v) is 5.44. The number of anilines is 1. The largest absolute Gasteiger partial charge is 0.497 e. The fourth-order valence-electron chi connectivity index (χ4n) is 4.62. The van der Waals surface area contributed by atoms with Crippen LogP contribution in [0.4, 0.5) is 5.69 Å². The number of piperidine rings is 1. The van der Waals surface area contributed by atoms with Gasteiger partial charge in [-0.25, -0.2) is 4.98 Å². The first-order valence-corrected chi connectivity index (χ1v) is 12.7. The Labute approximate surface area is 210 Å². The zero-order valence-electron chi connectivity index (χ0n) is 20.6. The van der Waals surface area contributed by atoms with Gasteiger partial charge in [0.25, 0.3) is 0 Å². The van der Waals surface area contributed by atoms with Crippen LogP contribution >= 0.6 is 11.8 Å². The van der Waals surface area contributed by atoms with Crippen molar-refractivity contribution in [2.45, 2.75) is 32.0 Å². The van der Waals surface area contributed by atoms with Gasteiger partial charge >= 0.3 is 0 Å². The first-order valence-electron chi connectivity index (χ1n) is 11.7. The number of thioether (sulfide) groups is 1. The number of nitrogens with one attached hydrogen (secondary N) is 1. The Bertz CT molecular complexity index is 1180. The number of amides is 2. The van der Waals surface area contributed by atoms with Crippen molar-refractivity contribution in [2.24, 2.45) is 11.8 Å². The highest BCUT2D eigenvalue weighted by Gasteiger charge is 2.26. The minimum Gasteiger partial charge on any atom is -0.497 e. The summed E-state index contributed by atoms with van der Waals surface area (Å²) in [6, 6.07) is 13.0. The second kappa shape index (κ2) is 11.0. The Morgan fingerprint density at radius 3 is 2.37 bits per heavy atom. The summed E-state index contributed by atoms with van der Waals surface area (Å²) in [5.41, 5.74) is 2.28. The molecule has 2 heterocycles. The highest BCUT2D eigenvalue weighted by molar-refractivity contribution is 7.99. The van der Waals surface area contributed by atoms with Crippen LogP contribution in [0.5, 0.6) is 11.5 Å². The lowest BCUT2D eigenvalue weighted by Gasteiger charge is -2.35. The predicted molar refractivity (Wildman–Crippen MR) is 138 cm³/mol. The van der Waals surface area contributed by atoms with Gasteiger partial charge in [-0.15, -0.1) is 0 Å². The molecule has 1 aliphatic heterocycles. The number of para-hydroxylation sites is 2. The zero-order valence-corrected chi connectivity index (χ0v) is 21.4. The molecule has 35 heavy (non-hydrogen) atoms. The number of hydrogen-bond donors (Lipinski definition) is 1. The summed E-state index contributed by atoms with van der Waals surface area (Å²) in [5.74, 6) is 2.22. The van der Waals surface area contributed by atoms with E-state index < -0.39 is 0 Å². The molecule has 0 radical (unpaired) electrons. The maximum atomic E-state index is 13.2. The Morgan fingerprint density at radius 2 is 1.71 bits per heavy atom. The summed E-state index contributed by atoms with van der Waals surface area (Å²) < 4.78 is 12.5. The van der Waals surface area contributed by atoms with Gasteiger partial charge in [-0.05, 0) is 30.4 Å². The van der Waals surface area contributed by atoms with E-state index in [4.69, 9.17) is 14.5 Å². The van der Waals surface area contributed by atoms with E-state index in [9.17, 15) is 9.59 Å². The van der Waals surface area contributed by atoms with Gasteiger partial charge in [0.2, 0.25) is 11.8 Å². The molecule has 0 saturated carbocycles. The van der Waals surface area contributed by atoms with Gasteiger partial charge in [-0.2, -0.15) is 0 Å². The Balaban J connectivity index is 1.48. The van der Waals surface area contributed by atoms with Crippen molar-refractivity contribution in [3.63, 3.8) is 0 Å². The maximum Gasteiger partial charge on any atom is 0.242 e. The highest BCUT2D eigenvalue weighted by Crippen LogP contribution is 2.28. The highest BCUT2D eigenvalue weighted by atomic mass is 32.2. The molecule has 0 spiro atoms. The molecule has 2 amide bonds. The molecule has 0 bridgehead atoms. The third-order valence-corrected chi connectivity index (χ3v) is 7.08. The van der Waals surface area contributed by atoms with Crippen LogP contribution in [-0.4, -0.2) is 59.3 Å². The molecule has 186 valence electrons. The van der Waals surface area contributed by atoms with Crippen LogP contribution in [-0.2, 0) is 16.1 Å². The van der Waals surface area contributed by atoms with Gasteiger partial charge in [-0.3, -0.25) is 9.59 Å². The van der Waals surface area contributed by atoms with Crippen molar-refractivity contribution < 1.29 is 19.1 Å². The summed E-state index contributed by atoms with van der Waals surface area (Å²) in [6.07, 6.45) is 1.15. The summed E-state index contributed by atoms with van der Waals surface area (Å²) in [6.45, 7) is 6.16. The minimum atomic E-state index is -0.186. The second-order valence-corrected chi connectivity index (χ2v) is 10.1. The van der Waals surface area contributed by atoms with Crippen LogP contribution in [0.2, 0.25) is 0 Å². The lowest BCUT2D eigenvalue weighted by Crippen LogP contribution is -2.44. The number of rotatable bonds is 8. The molecular formula is C26H32N4O4S. The normalized spacial score (nSPS) is 17.9. The van der Waals surface area contributed by atoms with E-state index in [1.54, 1.807) is 32.4 Å². The molecule has 0 aliphatic carbocycles. The summed E-state index contributed by atoms with van der Waals surface area (Å²) >= 11 is 1.32. The molecule has 1 aliphatic rings. The third-order valence-electron chi connectivity index (χ3n) is 6.10. The van der Waals surface area contributed by atoms with Crippen molar-refractivity contribution in [1.29, 1.82) is 0 Å². The number of methoxy groups -OCH3 is 2. The van der Waals surface area contributed by atoms with E-state index in [1.165, 1.54) is 11.8 Å². The number of benzene rings is 2. The van der Waals surface area contributed by atoms with Crippen LogP contribution in [0, 0.1) is 11.8 Å². The van der Waals surface area contributed by atoms with Gasteiger partial charge in [0.05, 0.1) is 31.0 Å². The predicted octanol–water partition coefficient (Wildman–Crippen LogP) is 4.29. The van der Waals surface area contributed by atoms with Gasteiger partial charge in [0, 0.05) is 37.0 Å². The monoisotopic (exact) mass is 496 g/mol. The summed E-state index contributed by atoms with van der Waals surface area (Å²) in [7, 11) is 3.13. The number of carbonyl (C=O) groups is 2. The third kappa shape index (κ3) is 6.08. The van der Waals surface area contributed by atoms with Crippen molar-refractivity contribution >= 4 is 40.3 Å². The van der Waals surface area contributed by atoms with Crippen molar-refractivity contribution in [3.05, 3.63) is 42.5 Å². The fraction of sp³-hybridized carbons (Fsp3) is 0.423. The lowest BCUT2D eigenvalue weighted by molar-refractivity contribution is -0.134. The van der Waals surface area contributed by atoms with E-state index in [-0.39, 0.29) is 24.1 Å². The number of carbonyl (C=O) groups excluding carboxylic acids is 2. The van der Waals surface area contributed by atoms with E-state index in [0.29, 0.717) is 34.2 Å². The summed E-state index contributed by atoms with van der Waals surface area (Å²) in [4.78, 5) is 32.6. The average molecular weight is 497 g/mol. The molecular weight excluding hydrogens is 464 g/mol. The average Bonchev–Trinajstić information content (AvgIpc) is 3.19. The van der Waals surface area contributed by atoms with E-state index in [0.717, 1.165) is 30.5 Å². The lowest BCUT2D eigenvalue weighted by atomic mass is 9.92. The Kier molecular flexibility index (Phi) is 7.85. The Hall–Kier alpha value is -3.20. The molecule has 8 nitrogen and oxygen atoms in total. The molecule has 3 aromatic rings. The van der Waals surface area contributed by atoms with Crippen molar-refractivity contribution in [1.82, 2.24) is 14.5 Å². The van der Waals surface area contributed by atoms with Gasteiger partial charge < -0.3 is 24.3 Å². The maximum absolute atomic E-state index is 13.2. The SMILES string of the molecule is COc1cc(NC(=O)CSc2nc3ccccc3n2CC(=O)N2C[C@H](C)C[C@H](C)C2)cc(OC)c1. The van der Waals surface area contributed by atoms with Crippen LogP contribution in [0.1, 0.15) is 20.3 Å². The standard InChI is InChI=1S/C26H32N4O4S/c1-17-9-18(2)14-29(13-17)25(32)15-30-23-8-6-5-7-22(23)28-26(30)35-16-24(31)27-19-10-20(33-3)12-21(11-19)34-4/h5-8,10-12,17-18H,9,13-16H2,1-4H3,(H,27,31)/t17-,18+. The minimum absolute atomic E-state index is 0.0846. The number of ether oxygens (including phenoxy) is 2. The molecule has 0 unspecified atom stereocenters.